The maximum atomic E-state index is 12.6. The molecule has 1 rings (SSSR count). The summed E-state index contributed by atoms with van der Waals surface area (Å²) < 4.78 is 75.7. The molecule has 0 amide bonds. The van der Waals surface area contributed by atoms with Crippen LogP contribution in [0.15, 0.2) is 18.2 Å². The maximum absolute atomic E-state index is 12.6. The minimum atomic E-state index is -5.88. The first-order valence-corrected chi connectivity index (χ1v) is 5.19. The van der Waals surface area contributed by atoms with Crippen molar-refractivity contribution >= 4 is 5.69 Å². The van der Waals surface area contributed by atoms with Gasteiger partial charge in [0, 0.05) is 11.3 Å². The number of aliphatic hydroxyl groups is 1. The van der Waals surface area contributed by atoms with E-state index in [1.165, 1.54) is 6.92 Å². The number of alkyl halides is 6. The highest BCUT2D eigenvalue weighted by Gasteiger charge is 2.71. The fourth-order valence-electron chi connectivity index (χ4n) is 1.63. The van der Waals surface area contributed by atoms with E-state index >= 15 is 0 Å². The third kappa shape index (κ3) is 2.49. The minimum absolute atomic E-state index is 0.0675. The Morgan fingerprint density at radius 3 is 1.89 bits per heavy atom. The van der Waals surface area contributed by atoms with Crippen molar-refractivity contribution in [1.82, 2.24) is 0 Å². The van der Waals surface area contributed by atoms with Crippen LogP contribution in [-0.2, 0) is 12.0 Å². The average Bonchev–Trinajstić information content (AvgIpc) is 2.25. The van der Waals surface area contributed by atoms with Gasteiger partial charge in [-0.05, 0) is 18.1 Å². The number of aryl methyl sites for hydroxylation is 1. The summed E-state index contributed by atoms with van der Waals surface area (Å²) in [6, 6.07) is 2.06. The molecular weight excluding hydrogens is 276 g/mol. The lowest BCUT2D eigenvalue weighted by Gasteiger charge is -2.33. The molecule has 19 heavy (non-hydrogen) atoms. The number of nitrogen functional groups attached to an aromatic ring is 1. The van der Waals surface area contributed by atoms with Gasteiger partial charge in [-0.25, -0.2) is 0 Å². The van der Waals surface area contributed by atoms with E-state index in [9.17, 15) is 31.4 Å². The lowest BCUT2D eigenvalue weighted by Crippen LogP contribution is -2.53. The summed E-state index contributed by atoms with van der Waals surface area (Å²) in [6.07, 6.45) is -11.6. The molecule has 0 radical (unpaired) electrons. The lowest BCUT2D eigenvalue weighted by atomic mass is 9.90. The minimum Gasteiger partial charge on any atom is -0.399 e. The summed E-state index contributed by atoms with van der Waals surface area (Å²) in [4.78, 5) is 0. The lowest BCUT2D eigenvalue weighted by molar-refractivity contribution is -0.376. The normalized spacial score (nSPS) is 13.7. The zero-order chi connectivity index (χ0) is 15.1. The molecule has 0 spiro atoms. The van der Waals surface area contributed by atoms with E-state index in [-0.39, 0.29) is 17.7 Å². The summed E-state index contributed by atoms with van der Waals surface area (Å²) in [7, 11) is 0. The molecule has 2 nitrogen and oxygen atoms in total. The van der Waals surface area contributed by atoms with Gasteiger partial charge in [-0.1, -0.05) is 19.1 Å². The Morgan fingerprint density at radius 1 is 1.05 bits per heavy atom. The van der Waals surface area contributed by atoms with Gasteiger partial charge in [0.15, 0.2) is 0 Å². The van der Waals surface area contributed by atoms with Crippen molar-refractivity contribution in [2.24, 2.45) is 0 Å². The van der Waals surface area contributed by atoms with Crippen LogP contribution in [0.25, 0.3) is 0 Å². The first-order chi connectivity index (χ1) is 8.45. The van der Waals surface area contributed by atoms with Crippen molar-refractivity contribution in [3.05, 3.63) is 29.3 Å². The van der Waals surface area contributed by atoms with E-state index in [1.54, 1.807) is 0 Å². The molecule has 0 saturated carbocycles. The van der Waals surface area contributed by atoms with E-state index in [1.807, 2.05) is 0 Å². The number of hydrogen-bond donors (Lipinski definition) is 2. The Bertz CT molecular complexity index is 451. The second kappa shape index (κ2) is 4.59. The molecule has 0 heterocycles. The standard InChI is InChI=1S/C11H11F6NO/c1-2-6-5-7(3-4-8(6)18)9(19,10(12,13)14)11(15,16)17/h3-5,19H,2,18H2,1H3. The number of rotatable bonds is 2. The van der Waals surface area contributed by atoms with Crippen LogP contribution in [0.4, 0.5) is 32.0 Å². The van der Waals surface area contributed by atoms with Gasteiger partial charge in [0.1, 0.15) is 0 Å². The topological polar surface area (TPSA) is 46.2 Å². The number of hydrogen-bond acceptors (Lipinski definition) is 2. The van der Waals surface area contributed by atoms with Gasteiger partial charge in [-0.3, -0.25) is 0 Å². The Kier molecular flexibility index (Phi) is 3.77. The van der Waals surface area contributed by atoms with Gasteiger partial charge in [-0.15, -0.1) is 0 Å². The molecule has 0 bridgehead atoms. The van der Waals surface area contributed by atoms with Gasteiger partial charge in [0.25, 0.3) is 5.60 Å². The van der Waals surface area contributed by atoms with Gasteiger partial charge < -0.3 is 10.8 Å². The summed E-state index contributed by atoms with van der Waals surface area (Å²) in [5.41, 5.74) is -0.612. The van der Waals surface area contributed by atoms with Crippen molar-refractivity contribution in [3.63, 3.8) is 0 Å². The van der Waals surface area contributed by atoms with Crippen molar-refractivity contribution in [2.75, 3.05) is 5.73 Å². The summed E-state index contributed by atoms with van der Waals surface area (Å²) in [6.45, 7) is 1.52. The zero-order valence-corrected chi connectivity index (χ0v) is 9.73. The van der Waals surface area contributed by atoms with Crippen LogP contribution in [0.2, 0.25) is 0 Å². The predicted molar refractivity (Wildman–Crippen MR) is 56.2 cm³/mol. The van der Waals surface area contributed by atoms with Crippen LogP contribution < -0.4 is 5.73 Å². The van der Waals surface area contributed by atoms with Crippen LogP contribution in [0, 0.1) is 0 Å². The first kappa shape index (κ1) is 15.6. The molecule has 1 aromatic carbocycles. The summed E-state index contributed by atoms with van der Waals surface area (Å²) in [5, 5.41) is 9.18. The van der Waals surface area contributed by atoms with E-state index in [0.29, 0.717) is 12.1 Å². The second-order valence-corrected chi connectivity index (χ2v) is 3.97. The van der Waals surface area contributed by atoms with Crippen molar-refractivity contribution in [3.8, 4) is 0 Å². The predicted octanol–water partition coefficient (Wildman–Crippen LogP) is 3.14. The molecule has 8 heteroatoms. The molecule has 1 aromatic rings. The molecule has 0 fully saturated rings. The molecule has 0 aliphatic carbocycles. The summed E-state index contributed by atoms with van der Waals surface area (Å²) >= 11 is 0. The van der Waals surface area contributed by atoms with E-state index < -0.39 is 23.5 Å². The molecule has 0 aliphatic heterocycles. The summed E-state index contributed by atoms with van der Waals surface area (Å²) in [5.74, 6) is 0. The number of halogens is 6. The van der Waals surface area contributed by atoms with E-state index in [0.717, 1.165) is 6.07 Å². The van der Waals surface area contributed by atoms with Crippen LogP contribution >= 0.6 is 0 Å². The largest absolute Gasteiger partial charge is 0.430 e. The SMILES string of the molecule is CCc1cc(C(O)(C(F)(F)F)C(F)(F)F)ccc1N. The molecular formula is C11H11F6NO. The van der Waals surface area contributed by atoms with E-state index in [2.05, 4.69) is 0 Å². The van der Waals surface area contributed by atoms with Crippen LogP contribution in [-0.4, -0.2) is 17.5 Å². The zero-order valence-electron chi connectivity index (χ0n) is 9.73. The molecule has 0 aromatic heterocycles. The highest BCUT2D eigenvalue weighted by molar-refractivity contribution is 5.50. The van der Waals surface area contributed by atoms with Crippen LogP contribution in [0.5, 0.6) is 0 Å². The highest BCUT2D eigenvalue weighted by Crippen LogP contribution is 2.50. The van der Waals surface area contributed by atoms with Gasteiger partial charge >= 0.3 is 12.4 Å². The molecule has 3 N–H and O–H groups in total. The highest BCUT2D eigenvalue weighted by atomic mass is 19.4. The Hall–Kier alpha value is -1.44. The van der Waals surface area contributed by atoms with Gasteiger partial charge in [-0.2, -0.15) is 26.3 Å². The van der Waals surface area contributed by atoms with Crippen molar-refractivity contribution < 1.29 is 31.4 Å². The first-order valence-electron chi connectivity index (χ1n) is 5.19. The second-order valence-electron chi connectivity index (χ2n) is 3.97. The molecule has 0 unspecified atom stereocenters. The van der Waals surface area contributed by atoms with Gasteiger partial charge in [0.05, 0.1) is 0 Å². The maximum Gasteiger partial charge on any atom is 0.430 e. The monoisotopic (exact) mass is 287 g/mol. The fraction of sp³-hybridized carbons (Fsp3) is 0.455. The Morgan fingerprint density at radius 2 is 1.53 bits per heavy atom. The number of anilines is 1. The number of benzene rings is 1. The molecule has 0 atom stereocenters. The fourth-order valence-corrected chi connectivity index (χ4v) is 1.63. The third-order valence-electron chi connectivity index (χ3n) is 2.76. The molecule has 108 valence electrons. The molecule has 0 aliphatic rings. The number of nitrogens with two attached hydrogens (primary N) is 1. The average molecular weight is 287 g/mol. The smallest absolute Gasteiger partial charge is 0.399 e. The quantitative estimate of drug-likeness (QED) is 0.648. The van der Waals surface area contributed by atoms with E-state index in [4.69, 9.17) is 5.73 Å². The van der Waals surface area contributed by atoms with Crippen molar-refractivity contribution in [1.29, 1.82) is 0 Å². The Labute approximate surface area is 104 Å². The Balaban J connectivity index is 3.52. The molecule has 0 saturated heterocycles. The van der Waals surface area contributed by atoms with Crippen molar-refractivity contribution in [2.45, 2.75) is 31.3 Å². The van der Waals surface area contributed by atoms with Gasteiger partial charge in [0.2, 0.25) is 0 Å². The van der Waals surface area contributed by atoms with Crippen LogP contribution in [0.3, 0.4) is 0 Å². The van der Waals surface area contributed by atoms with Crippen LogP contribution in [0.1, 0.15) is 18.1 Å². The third-order valence-corrected chi connectivity index (χ3v) is 2.76.